The normalized spacial score (nSPS) is 19.7. The minimum absolute atomic E-state index is 0.0283. The zero-order chi connectivity index (χ0) is 18.6. The van der Waals surface area contributed by atoms with E-state index in [9.17, 15) is 9.59 Å². The van der Waals surface area contributed by atoms with Crippen LogP contribution in [0.3, 0.4) is 0 Å². The van der Waals surface area contributed by atoms with Crippen LogP contribution in [0.4, 0.5) is 0 Å². The van der Waals surface area contributed by atoms with Gasteiger partial charge in [0.05, 0.1) is 19.0 Å². The molecule has 0 radical (unpaired) electrons. The highest BCUT2D eigenvalue weighted by atomic mass is 16.5. The molecule has 1 aliphatic heterocycles. The Morgan fingerprint density at radius 2 is 1.89 bits per heavy atom. The van der Waals surface area contributed by atoms with E-state index in [1.165, 1.54) is 19.1 Å². The predicted octanol–water partition coefficient (Wildman–Crippen LogP) is 2.67. The molecule has 27 heavy (non-hydrogen) atoms. The summed E-state index contributed by atoms with van der Waals surface area (Å²) >= 11 is 0. The van der Waals surface area contributed by atoms with Crippen molar-refractivity contribution in [2.24, 2.45) is 5.92 Å². The fourth-order valence-electron chi connectivity index (χ4n) is 3.43. The standard InChI is InChI=1S/C21H24N2O4/c24-20(17-5-2-1-3-6-17)23(13-16-8-9-16)15-18-14-22(10-12-26-18)21(25)19-7-4-11-27-19/h1-7,11,16,18H,8-10,12-15H2. The number of carbonyl (C=O) groups excluding carboxylic acids is 2. The van der Waals surface area contributed by atoms with Gasteiger partial charge in [0.2, 0.25) is 0 Å². The van der Waals surface area contributed by atoms with Crippen molar-refractivity contribution in [1.82, 2.24) is 9.80 Å². The van der Waals surface area contributed by atoms with Crippen molar-refractivity contribution < 1.29 is 18.7 Å². The first-order valence-corrected chi connectivity index (χ1v) is 9.49. The Morgan fingerprint density at radius 1 is 1.07 bits per heavy atom. The quantitative estimate of drug-likeness (QED) is 0.786. The highest BCUT2D eigenvalue weighted by Crippen LogP contribution is 2.30. The number of hydrogen-bond donors (Lipinski definition) is 0. The lowest BCUT2D eigenvalue weighted by atomic mass is 10.1. The summed E-state index contributed by atoms with van der Waals surface area (Å²) in [6.45, 7) is 2.70. The zero-order valence-electron chi connectivity index (χ0n) is 15.3. The molecule has 1 atom stereocenters. The third kappa shape index (κ3) is 4.39. The maximum absolute atomic E-state index is 13.0. The molecular formula is C21H24N2O4. The lowest BCUT2D eigenvalue weighted by Crippen LogP contribution is -2.50. The molecule has 1 saturated carbocycles. The lowest BCUT2D eigenvalue weighted by Gasteiger charge is -2.35. The van der Waals surface area contributed by atoms with Crippen LogP contribution < -0.4 is 0 Å². The summed E-state index contributed by atoms with van der Waals surface area (Å²) in [4.78, 5) is 29.1. The molecule has 0 bridgehead atoms. The minimum atomic E-state index is -0.191. The third-order valence-corrected chi connectivity index (χ3v) is 5.07. The van der Waals surface area contributed by atoms with Crippen molar-refractivity contribution in [2.45, 2.75) is 18.9 Å². The first-order chi connectivity index (χ1) is 13.2. The number of amides is 2. The molecule has 2 fully saturated rings. The van der Waals surface area contributed by atoms with Gasteiger partial charge in [-0.3, -0.25) is 9.59 Å². The molecule has 0 spiro atoms. The maximum Gasteiger partial charge on any atom is 0.289 e. The molecule has 6 nitrogen and oxygen atoms in total. The Morgan fingerprint density at radius 3 is 2.59 bits per heavy atom. The molecule has 1 saturated heterocycles. The largest absolute Gasteiger partial charge is 0.459 e. The van der Waals surface area contributed by atoms with E-state index in [1.807, 2.05) is 35.2 Å². The van der Waals surface area contributed by atoms with E-state index in [1.54, 1.807) is 17.0 Å². The molecule has 4 rings (SSSR count). The first kappa shape index (κ1) is 17.8. The van der Waals surface area contributed by atoms with Crippen molar-refractivity contribution >= 4 is 11.8 Å². The SMILES string of the molecule is O=C(c1ccccc1)N(CC1CC1)CC1CN(C(=O)c2ccco2)CCO1. The number of hydrogen-bond acceptors (Lipinski definition) is 4. The van der Waals surface area contributed by atoms with Gasteiger partial charge in [-0.25, -0.2) is 0 Å². The van der Waals surface area contributed by atoms with Gasteiger partial charge in [-0.15, -0.1) is 0 Å². The second-order valence-electron chi connectivity index (χ2n) is 7.24. The Kier molecular flexibility index (Phi) is 5.25. The summed E-state index contributed by atoms with van der Waals surface area (Å²) in [6, 6.07) is 12.7. The number of ether oxygens (including phenoxy) is 1. The summed E-state index contributed by atoms with van der Waals surface area (Å²) in [5.41, 5.74) is 0.692. The van der Waals surface area contributed by atoms with Crippen LogP contribution in [0.15, 0.2) is 53.1 Å². The number of furan rings is 1. The van der Waals surface area contributed by atoms with E-state index in [-0.39, 0.29) is 17.9 Å². The molecule has 6 heteroatoms. The molecule has 1 aliphatic carbocycles. The van der Waals surface area contributed by atoms with E-state index >= 15 is 0 Å². The van der Waals surface area contributed by atoms with Crippen LogP contribution in [-0.4, -0.2) is 60.5 Å². The Labute approximate surface area is 158 Å². The van der Waals surface area contributed by atoms with Crippen LogP contribution in [0, 0.1) is 5.92 Å². The summed E-state index contributed by atoms with van der Waals surface area (Å²) in [5, 5.41) is 0. The molecule has 2 aromatic rings. The third-order valence-electron chi connectivity index (χ3n) is 5.07. The van der Waals surface area contributed by atoms with Crippen molar-refractivity contribution in [1.29, 1.82) is 0 Å². The molecule has 1 unspecified atom stereocenters. The summed E-state index contributed by atoms with van der Waals surface area (Å²) < 4.78 is 11.1. The monoisotopic (exact) mass is 368 g/mol. The fraction of sp³-hybridized carbons (Fsp3) is 0.429. The van der Waals surface area contributed by atoms with Gasteiger partial charge in [0.25, 0.3) is 11.8 Å². The van der Waals surface area contributed by atoms with Gasteiger partial charge in [-0.05, 0) is 43.0 Å². The van der Waals surface area contributed by atoms with Crippen molar-refractivity contribution in [2.75, 3.05) is 32.8 Å². The lowest BCUT2D eigenvalue weighted by molar-refractivity contribution is -0.0342. The maximum atomic E-state index is 13.0. The van der Waals surface area contributed by atoms with Gasteiger partial charge in [-0.2, -0.15) is 0 Å². The number of nitrogens with zero attached hydrogens (tertiary/aromatic N) is 2. The molecule has 1 aromatic heterocycles. The average Bonchev–Trinajstić information content (AvgIpc) is 3.36. The van der Waals surface area contributed by atoms with Gasteiger partial charge >= 0.3 is 0 Å². The second kappa shape index (κ2) is 7.96. The smallest absolute Gasteiger partial charge is 0.289 e. The van der Waals surface area contributed by atoms with E-state index < -0.39 is 0 Å². The molecule has 2 aliphatic rings. The Hall–Kier alpha value is -2.60. The fourth-order valence-corrected chi connectivity index (χ4v) is 3.43. The van der Waals surface area contributed by atoms with E-state index in [0.29, 0.717) is 43.5 Å². The van der Waals surface area contributed by atoms with E-state index in [2.05, 4.69) is 0 Å². The van der Waals surface area contributed by atoms with Crippen molar-refractivity contribution in [3.05, 3.63) is 60.1 Å². The summed E-state index contributed by atoms with van der Waals surface area (Å²) in [5.74, 6) is 0.824. The minimum Gasteiger partial charge on any atom is -0.459 e. The van der Waals surface area contributed by atoms with Crippen LogP contribution in [0.5, 0.6) is 0 Å². The predicted molar refractivity (Wildman–Crippen MR) is 99.4 cm³/mol. The van der Waals surface area contributed by atoms with Gasteiger partial charge in [-0.1, -0.05) is 18.2 Å². The highest BCUT2D eigenvalue weighted by molar-refractivity contribution is 5.94. The van der Waals surface area contributed by atoms with E-state index in [4.69, 9.17) is 9.15 Å². The van der Waals surface area contributed by atoms with Gasteiger partial charge in [0.1, 0.15) is 0 Å². The highest BCUT2D eigenvalue weighted by Gasteiger charge is 2.32. The number of morpholine rings is 1. The number of benzene rings is 1. The van der Waals surface area contributed by atoms with Gasteiger partial charge in [0.15, 0.2) is 5.76 Å². The molecule has 1 aromatic carbocycles. The van der Waals surface area contributed by atoms with Crippen molar-refractivity contribution in [3.63, 3.8) is 0 Å². The van der Waals surface area contributed by atoms with Crippen LogP contribution in [0.1, 0.15) is 33.8 Å². The first-order valence-electron chi connectivity index (χ1n) is 9.49. The molecule has 2 amide bonds. The Balaban J connectivity index is 1.42. The molecule has 142 valence electrons. The van der Waals surface area contributed by atoms with Crippen LogP contribution in [0.25, 0.3) is 0 Å². The van der Waals surface area contributed by atoms with Crippen molar-refractivity contribution in [3.8, 4) is 0 Å². The zero-order valence-corrected chi connectivity index (χ0v) is 15.3. The van der Waals surface area contributed by atoms with E-state index in [0.717, 1.165) is 6.54 Å². The molecule has 0 N–H and O–H groups in total. The molecule has 2 heterocycles. The molecular weight excluding hydrogens is 344 g/mol. The Bertz CT molecular complexity index is 771. The van der Waals surface area contributed by atoms with Gasteiger partial charge < -0.3 is 19.0 Å². The van der Waals surface area contributed by atoms with Crippen LogP contribution in [-0.2, 0) is 4.74 Å². The average molecular weight is 368 g/mol. The van der Waals surface area contributed by atoms with Crippen LogP contribution >= 0.6 is 0 Å². The second-order valence-corrected chi connectivity index (χ2v) is 7.24. The van der Waals surface area contributed by atoms with Gasteiger partial charge in [0, 0.05) is 31.7 Å². The van der Waals surface area contributed by atoms with Crippen LogP contribution in [0.2, 0.25) is 0 Å². The number of rotatable bonds is 6. The number of carbonyl (C=O) groups is 2. The summed E-state index contributed by atoms with van der Waals surface area (Å²) in [6.07, 6.45) is 3.66. The topological polar surface area (TPSA) is 63.0 Å². The summed E-state index contributed by atoms with van der Waals surface area (Å²) in [7, 11) is 0.